The number of aliphatic imine (C=N–C) groups is 1. The van der Waals surface area contributed by atoms with Gasteiger partial charge in [-0.25, -0.2) is 0 Å². The summed E-state index contributed by atoms with van der Waals surface area (Å²) in [6.45, 7) is 2.73. The number of benzene rings is 1. The van der Waals surface area contributed by atoms with Crippen molar-refractivity contribution in [3.05, 3.63) is 29.8 Å². The average Bonchev–Trinajstić information content (AvgIpc) is 3.24. The van der Waals surface area contributed by atoms with Crippen molar-refractivity contribution < 1.29 is 9.53 Å². The molecule has 2 atom stereocenters. The summed E-state index contributed by atoms with van der Waals surface area (Å²) in [5, 5.41) is 4.13. The first kappa shape index (κ1) is 14.1. The van der Waals surface area contributed by atoms with Crippen molar-refractivity contribution in [3.8, 4) is 0 Å². The highest BCUT2D eigenvalue weighted by molar-refractivity contribution is 8.14. The van der Waals surface area contributed by atoms with Gasteiger partial charge in [-0.3, -0.25) is 9.79 Å². The van der Waals surface area contributed by atoms with Crippen LogP contribution < -0.4 is 5.32 Å². The summed E-state index contributed by atoms with van der Waals surface area (Å²) in [5.41, 5.74) is 1.99. The third-order valence-electron chi connectivity index (χ3n) is 4.28. The lowest BCUT2D eigenvalue weighted by Crippen LogP contribution is -2.26. The predicted molar refractivity (Wildman–Crippen MR) is 88.3 cm³/mol. The Hall–Kier alpha value is -1.53. The van der Waals surface area contributed by atoms with Crippen LogP contribution in [-0.4, -0.2) is 47.5 Å². The van der Waals surface area contributed by atoms with Crippen molar-refractivity contribution in [2.75, 3.05) is 30.8 Å². The van der Waals surface area contributed by atoms with E-state index in [0.29, 0.717) is 6.61 Å². The summed E-state index contributed by atoms with van der Waals surface area (Å²) >= 11 is 1.83. The Bertz CT molecular complexity index is 613. The van der Waals surface area contributed by atoms with Crippen LogP contribution in [0.2, 0.25) is 0 Å². The van der Waals surface area contributed by atoms with Crippen LogP contribution in [0.25, 0.3) is 0 Å². The van der Waals surface area contributed by atoms with Crippen molar-refractivity contribution in [3.63, 3.8) is 0 Å². The first-order chi connectivity index (χ1) is 10.8. The minimum atomic E-state index is -0.294. The van der Waals surface area contributed by atoms with Crippen LogP contribution in [0.1, 0.15) is 24.4 Å². The smallest absolute Gasteiger partial charge is 0.253 e. The van der Waals surface area contributed by atoms with E-state index in [0.717, 1.165) is 42.9 Å². The number of nitrogens with one attached hydrogen (secondary N) is 1. The fourth-order valence-corrected chi connectivity index (χ4v) is 4.16. The van der Waals surface area contributed by atoms with Crippen LogP contribution in [-0.2, 0) is 9.53 Å². The molecule has 2 saturated heterocycles. The number of fused-ring (bicyclic) bond motifs is 1. The van der Waals surface area contributed by atoms with E-state index in [2.05, 4.69) is 16.3 Å². The largest absolute Gasteiger partial charge is 0.368 e. The SMILES string of the molecule is O=C(Nc1cccc([C@H]2CN3CCSC3=N2)c1)[C@@H]1CCCO1. The molecule has 2 fully saturated rings. The summed E-state index contributed by atoms with van der Waals surface area (Å²) in [6.07, 6.45) is 1.48. The molecule has 4 rings (SSSR count). The number of rotatable bonds is 3. The second kappa shape index (κ2) is 5.93. The Morgan fingerprint density at radius 1 is 1.45 bits per heavy atom. The van der Waals surface area contributed by atoms with Gasteiger partial charge in [-0.2, -0.15) is 0 Å². The monoisotopic (exact) mass is 317 g/mol. The second-order valence-electron chi connectivity index (χ2n) is 5.84. The molecule has 0 aliphatic carbocycles. The number of thioether (sulfide) groups is 1. The molecular weight excluding hydrogens is 298 g/mol. The maximum absolute atomic E-state index is 12.1. The Morgan fingerprint density at radius 3 is 3.23 bits per heavy atom. The number of amides is 1. The van der Waals surface area contributed by atoms with Gasteiger partial charge in [-0.15, -0.1) is 0 Å². The van der Waals surface area contributed by atoms with Gasteiger partial charge in [0.15, 0.2) is 5.17 Å². The summed E-state index contributed by atoms with van der Waals surface area (Å²) in [4.78, 5) is 19.3. The fourth-order valence-electron chi connectivity index (χ4n) is 3.12. The highest BCUT2D eigenvalue weighted by atomic mass is 32.2. The molecule has 0 spiro atoms. The Kier molecular flexibility index (Phi) is 3.80. The minimum absolute atomic E-state index is 0.0384. The van der Waals surface area contributed by atoms with E-state index < -0.39 is 0 Å². The van der Waals surface area contributed by atoms with E-state index in [9.17, 15) is 4.79 Å². The van der Waals surface area contributed by atoms with Crippen molar-refractivity contribution in [1.29, 1.82) is 0 Å². The van der Waals surface area contributed by atoms with Crippen LogP contribution in [0.4, 0.5) is 5.69 Å². The molecular formula is C16H19N3O2S. The maximum Gasteiger partial charge on any atom is 0.253 e. The number of hydrogen-bond donors (Lipinski definition) is 1. The number of anilines is 1. The molecule has 1 N–H and O–H groups in total. The minimum Gasteiger partial charge on any atom is -0.368 e. The van der Waals surface area contributed by atoms with Gasteiger partial charge in [-0.1, -0.05) is 23.9 Å². The number of carbonyl (C=O) groups is 1. The van der Waals surface area contributed by atoms with Crippen molar-refractivity contribution in [2.45, 2.75) is 25.0 Å². The standard InChI is InChI=1S/C16H19N3O2S/c20-15(14-5-2-7-21-14)17-12-4-1-3-11(9-12)13-10-19-6-8-22-16(19)18-13/h1,3-4,9,13-14H,2,5-8,10H2,(H,17,20)/t13-,14+/m1/s1. The Labute approximate surface area is 134 Å². The second-order valence-corrected chi connectivity index (χ2v) is 6.90. The van der Waals surface area contributed by atoms with Gasteiger partial charge in [0.2, 0.25) is 0 Å². The number of amidine groups is 1. The lowest BCUT2D eigenvalue weighted by atomic mass is 10.1. The number of nitrogens with zero attached hydrogens (tertiary/aromatic N) is 2. The molecule has 1 aromatic carbocycles. The van der Waals surface area contributed by atoms with Gasteiger partial charge in [0.1, 0.15) is 6.10 Å². The molecule has 0 aromatic heterocycles. The third kappa shape index (κ3) is 2.73. The number of ether oxygens (including phenoxy) is 1. The van der Waals surface area contributed by atoms with Crippen molar-refractivity contribution >= 4 is 28.5 Å². The molecule has 0 radical (unpaired) electrons. The van der Waals surface area contributed by atoms with E-state index >= 15 is 0 Å². The van der Waals surface area contributed by atoms with Crippen LogP contribution in [0.5, 0.6) is 0 Å². The number of hydrogen-bond acceptors (Lipinski definition) is 5. The normalized spacial score (nSPS) is 26.9. The summed E-state index contributed by atoms with van der Waals surface area (Å²) in [5.74, 6) is 1.10. The molecule has 0 saturated carbocycles. The highest BCUT2D eigenvalue weighted by Gasteiger charge is 2.30. The van der Waals surface area contributed by atoms with E-state index in [4.69, 9.17) is 9.73 Å². The molecule has 6 heteroatoms. The first-order valence-corrected chi connectivity index (χ1v) is 8.76. The Morgan fingerprint density at radius 2 is 2.41 bits per heavy atom. The summed E-state index contributed by atoms with van der Waals surface area (Å²) in [7, 11) is 0. The van der Waals surface area contributed by atoms with Gasteiger partial charge >= 0.3 is 0 Å². The van der Waals surface area contributed by atoms with E-state index in [1.807, 2.05) is 30.0 Å². The zero-order valence-electron chi connectivity index (χ0n) is 12.3. The van der Waals surface area contributed by atoms with Crippen LogP contribution in [0.3, 0.4) is 0 Å². The van der Waals surface area contributed by atoms with E-state index in [-0.39, 0.29) is 18.1 Å². The van der Waals surface area contributed by atoms with E-state index in [1.54, 1.807) is 0 Å². The van der Waals surface area contributed by atoms with Crippen LogP contribution in [0.15, 0.2) is 29.3 Å². The quantitative estimate of drug-likeness (QED) is 0.929. The summed E-state index contributed by atoms with van der Waals surface area (Å²) < 4.78 is 5.42. The van der Waals surface area contributed by atoms with Crippen LogP contribution in [0, 0.1) is 0 Å². The maximum atomic E-state index is 12.1. The lowest BCUT2D eigenvalue weighted by Gasteiger charge is -2.15. The Balaban J connectivity index is 1.46. The molecule has 1 aromatic rings. The fraction of sp³-hybridized carbons (Fsp3) is 0.500. The van der Waals surface area contributed by atoms with Gasteiger partial charge in [0, 0.05) is 31.1 Å². The van der Waals surface area contributed by atoms with Crippen molar-refractivity contribution in [2.24, 2.45) is 4.99 Å². The molecule has 5 nitrogen and oxygen atoms in total. The van der Waals surface area contributed by atoms with Gasteiger partial charge in [0.05, 0.1) is 6.04 Å². The molecule has 3 aliphatic heterocycles. The molecule has 3 heterocycles. The topological polar surface area (TPSA) is 53.9 Å². The molecule has 116 valence electrons. The van der Waals surface area contributed by atoms with Crippen LogP contribution >= 0.6 is 11.8 Å². The molecule has 1 amide bonds. The predicted octanol–water partition coefficient (Wildman–Crippen LogP) is 2.26. The number of carbonyl (C=O) groups excluding carboxylic acids is 1. The molecule has 3 aliphatic rings. The van der Waals surface area contributed by atoms with Gasteiger partial charge in [-0.05, 0) is 30.5 Å². The van der Waals surface area contributed by atoms with Gasteiger partial charge in [0.25, 0.3) is 5.91 Å². The first-order valence-electron chi connectivity index (χ1n) is 7.77. The van der Waals surface area contributed by atoms with Gasteiger partial charge < -0.3 is 15.0 Å². The van der Waals surface area contributed by atoms with Crippen molar-refractivity contribution in [1.82, 2.24) is 4.90 Å². The molecule has 0 unspecified atom stereocenters. The highest BCUT2D eigenvalue weighted by Crippen LogP contribution is 2.33. The molecule has 22 heavy (non-hydrogen) atoms. The van der Waals surface area contributed by atoms with E-state index in [1.165, 1.54) is 5.17 Å². The zero-order valence-corrected chi connectivity index (χ0v) is 13.1. The molecule has 0 bridgehead atoms. The summed E-state index contributed by atoms with van der Waals surface area (Å²) in [6, 6.07) is 8.21. The third-order valence-corrected chi connectivity index (χ3v) is 5.29. The zero-order chi connectivity index (χ0) is 14.9. The lowest BCUT2D eigenvalue weighted by molar-refractivity contribution is -0.124. The average molecular weight is 317 g/mol.